The summed E-state index contributed by atoms with van der Waals surface area (Å²) in [7, 11) is 1.98. The monoisotopic (exact) mass is 394 g/mol. The number of nitrogens with zero attached hydrogens (tertiary/aromatic N) is 1. The fourth-order valence-electron chi connectivity index (χ4n) is 3.53. The Bertz CT molecular complexity index is 738. The first-order valence-electron chi connectivity index (χ1n) is 9.11. The molecule has 1 amide bonds. The van der Waals surface area contributed by atoms with Gasteiger partial charge in [0.2, 0.25) is 5.91 Å². The van der Waals surface area contributed by atoms with Crippen LogP contribution in [0.4, 0.5) is 0 Å². The van der Waals surface area contributed by atoms with Crippen molar-refractivity contribution in [1.82, 2.24) is 10.2 Å². The van der Waals surface area contributed by atoms with E-state index in [4.69, 9.17) is 0 Å². The van der Waals surface area contributed by atoms with Crippen LogP contribution in [0.5, 0.6) is 0 Å². The fourth-order valence-corrected chi connectivity index (χ4v) is 4.49. The smallest absolute Gasteiger partial charge is 0.223 e. The summed E-state index contributed by atoms with van der Waals surface area (Å²) in [5, 5.41) is 6.12. The zero-order valence-corrected chi connectivity index (χ0v) is 16.8. The Morgan fingerprint density at radius 1 is 1.19 bits per heavy atom. The molecule has 4 nitrogen and oxygen atoms in total. The summed E-state index contributed by atoms with van der Waals surface area (Å²) in [6.07, 6.45) is 3.97. The fraction of sp³-hybridized carbons (Fsp3) is 0.500. The number of thiophene rings is 1. The second-order valence-electron chi connectivity index (χ2n) is 6.79. The van der Waals surface area contributed by atoms with Gasteiger partial charge in [-0.2, -0.15) is 0 Å². The highest BCUT2D eigenvalue weighted by atomic mass is 35.5. The second-order valence-corrected chi connectivity index (χ2v) is 7.70. The van der Waals surface area contributed by atoms with Gasteiger partial charge < -0.3 is 10.2 Å². The van der Waals surface area contributed by atoms with E-state index in [1.54, 1.807) is 11.3 Å². The van der Waals surface area contributed by atoms with Crippen molar-refractivity contribution in [3.63, 3.8) is 0 Å². The number of amides is 1. The molecule has 0 unspecified atom stereocenters. The van der Waals surface area contributed by atoms with E-state index < -0.39 is 0 Å². The summed E-state index contributed by atoms with van der Waals surface area (Å²) in [5.41, 5.74) is 0.763. The second kappa shape index (κ2) is 10.0. The number of carbonyl (C=O) groups excluding carboxylic acids is 2. The summed E-state index contributed by atoms with van der Waals surface area (Å²) in [6.45, 7) is 2.72. The van der Waals surface area contributed by atoms with Crippen LogP contribution in [0.2, 0.25) is 0 Å². The molecular formula is C20H27ClN2O2S. The Labute approximate surface area is 165 Å². The third-order valence-electron chi connectivity index (χ3n) is 5.12. The Balaban J connectivity index is 0.00000243. The minimum atomic E-state index is 0. The van der Waals surface area contributed by atoms with Crippen molar-refractivity contribution >= 4 is 45.5 Å². The molecule has 2 aromatic rings. The first-order chi connectivity index (χ1) is 12.2. The van der Waals surface area contributed by atoms with E-state index in [0.29, 0.717) is 12.8 Å². The third kappa shape index (κ3) is 5.06. The third-order valence-corrected chi connectivity index (χ3v) is 6.08. The number of ketones is 1. The SMILES string of the molecule is CNCCC1CCN(C(=O)CCC(=O)c2csc3ccccc23)CC1.Cl. The molecule has 0 bridgehead atoms. The average molecular weight is 395 g/mol. The Hall–Kier alpha value is -1.43. The van der Waals surface area contributed by atoms with Crippen LogP contribution in [-0.2, 0) is 4.79 Å². The lowest BCUT2D eigenvalue weighted by Crippen LogP contribution is -2.39. The Kier molecular flexibility index (Phi) is 8.07. The number of piperidine rings is 1. The summed E-state index contributed by atoms with van der Waals surface area (Å²) >= 11 is 1.59. The molecule has 1 N–H and O–H groups in total. The summed E-state index contributed by atoms with van der Waals surface area (Å²) in [6, 6.07) is 7.95. The normalized spacial score (nSPS) is 15.0. The predicted molar refractivity (Wildman–Crippen MR) is 110 cm³/mol. The zero-order valence-electron chi connectivity index (χ0n) is 15.2. The molecule has 1 aromatic heterocycles. The molecule has 0 atom stereocenters. The van der Waals surface area contributed by atoms with Crippen molar-refractivity contribution in [2.75, 3.05) is 26.7 Å². The van der Waals surface area contributed by atoms with E-state index in [1.807, 2.05) is 41.6 Å². The molecular weight excluding hydrogens is 368 g/mol. The van der Waals surface area contributed by atoms with E-state index in [2.05, 4.69) is 5.32 Å². The molecule has 3 rings (SSSR count). The van der Waals surface area contributed by atoms with Gasteiger partial charge in [-0.25, -0.2) is 0 Å². The van der Waals surface area contributed by atoms with Gasteiger partial charge in [0, 0.05) is 47.0 Å². The molecule has 0 radical (unpaired) electrons. The number of hydrogen-bond donors (Lipinski definition) is 1. The highest BCUT2D eigenvalue weighted by Gasteiger charge is 2.23. The lowest BCUT2D eigenvalue weighted by molar-refractivity contribution is -0.132. The van der Waals surface area contributed by atoms with Gasteiger partial charge in [0.15, 0.2) is 5.78 Å². The van der Waals surface area contributed by atoms with Gasteiger partial charge in [-0.1, -0.05) is 18.2 Å². The number of likely N-dealkylation sites (tertiary alicyclic amines) is 1. The molecule has 1 aliphatic heterocycles. The molecule has 0 spiro atoms. The van der Waals surface area contributed by atoms with Crippen molar-refractivity contribution < 1.29 is 9.59 Å². The molecule has 142 valence electrons. The molecule has 1 saturated heterocycles. The maximum atomic E-state index is 12.5. The molecule has 2 heterocycles. The van der Waals surface area contributed by atoms with Gasteiger partial charge >= 0.3 is 0 Å². The van der Waals surface area contributed by atoms with Crippen LogP contribution in [0.15, 0.2) is 29.6 Å². The van der Waals surface area contributed by atoms with Gasteiger partial charge in [0.05, 0.1) is 0 Å². The van der Waals surface area contributed by atoms with Crippen molar-refractivity contribution in [2.45, 2.75) is 32.1 Å². The maximum absolute atomic E-state index is 12.5. The van der Waals surface area contributed by atoms with E-state index in [-0.39, 0.29) is 24.1 Å². The lowest BCUT2D eigenvalue weighted by Gasteiger charge is -2.32. The Morgan fingerprint density at radius 2 is 1.92 bits per heavy atom. The number of benzene rings is 1. The van der Waals surface area contributed by atoms with Crippen LogP contribution in [-0.4, -0.2) is 43.3 Å². The minimum Gasteiger partial charge on any atom is -0.343 e. The summed E-state index contributed by atoms with van der Waals surface area (Å²) < 4.78 is 1.13. The van der Waals surface area contributed by atoms with Gasteiger partial charge in [-0.3, -0.25) is 9.59 Å². The molecule has 1 fully saturated rings. The van der Waals surface area contributed by atoms with Gasteiger partial charge in [0.25, 0.3) is 0 Å². The summed E-state index contributed by atoms with van der Waals surface area (Å²) in [4.78, 5) is 26.9. The summed E-state index contributed by atoms with van der Waals surface area (Å²) in [5.74, 6) is 0.921. The number of rotatable bonds is 7. The molecule has 0 saturated carbocycles. The van der Waals surface area contributed by atoms with Crippen LogP contribution in [0.3, 0.4) is 0 Å². The topological polar surface area (TPSA) is 49.4 Å². The number of nitrogens with one attached hydrogen (secondary N) is 1. The first kappa shape index (κ1) is 20.9. The van der Waals surface area contributed by atoms with Crippen LogP contribution in [0.1, 0.15) is 42.5 Å². The Morgan fingerprint density at radius 3 is 2.65 bits per heavy atom. The van der Waals surface area contributed by atoms with Gasteiger partial charge in [-0.05, 0) is 44.8 Å². The van der Waals surface area contributed by atoms with Crippen molar-refractivity contribution in [2.24, 2.45) is 5.92 Å². The van der Waals surface area contributed by atoms with Crippen molar-refractivity contribution in [3.05, 3.63) is 35.2 Å². The predicted octanol–water partition coefficient (Wildman–Crippen LogP) is 4.13. The first-order valence-corrected chi connectivity index (χ1v) is 9.99. The van der Waals surface area contributed by atoms with E-state index in [1.165, 1.54) is 6.42 Å². The molecule has 1 aliphatic rings. The van der Waals surface area contributed by atoms with Crippen LogP contribution < -0.4 is 5.32 Å². The molecule has 26 heavy (non-hydrogen) atoms. The minimum absolute atomic E-state index is 0. The number of carbonyl (C=O) groups is 2. The largest absolute Gasteiger partial charge is 0.343 e. The zero-order chi connectivity index (χ0) is 17.6. The highest BCUT2D eigenvalue weighted by Crippen LogP contribution is 2.27. The standard InChI is InChI=1S/C20H26N2O2S.ClH/c1-21-11-8-15-9-12-22(13-10-15)20(24)7-6-18(23)17-14-25-19-5-3-2-4-16(17)19;/h2-5,14-15,21H,6-13H2,1H3;1H. The van der Waals surface area contributed by atoms with E-state index in [9.17, 15) is 9.59 Å². The van der Waals surface area contributed by atoms with E-state index >= 15 is 0 Å². The molecule has 6 heteroatoms. The van der Waals surface area contributed by atoms with Gasteiger partial charge in [-0.15, -0.1) is 23.7 Å². The van der Waals surface area contributed by atoms with Crippen LogP contribution >= 0.6 is 23.7 Å². The van der Waals surface area contributed by atoms with Crippen LogP contribution in [0, 0.1) is 5.92 Å². The van der Waals surface area contributed by atoms with E-state index in [0.717, 1.165) is 54.0 Å². The lowest BCUT2D eigenvalue weighted by atomic mass is 9.93. The van der Waals surface area contributed by atoms with Crippen molar-refractivity contribution in [3.8, 4) is 0 Å². The maximum Gasteiger partial charge on any atom is 0.223 e. The van der Waals surface area contributed by atoms with Crippen molar-refractivity contribution in [1.29, 1.82) is 0 Å². The number of fused-ring (bicyclic) bond motifs is 1. The number of halogens is 1. The van der Waals surface area contributed by atoms with Gasteiger partial charge in [0.1, 0.15) is 0 Å². The highest BCUT2D eigenvalue weighted by molar-refractivity contribution is 7.17. The number of Topliss-reactive ketones (excluding diaryl/α,β-unsaturated/α-hetero) is 1. The molecule has 0 aliphatic carbocycles. The molecule has 1 aromatic carbocycles. The number of hydrogen-bond acceptors (Lipinski definition) is 4. The quantitative estimate of drug-likeness (QED) is 0.718. The van der Waals surface area contributed by atoms with Crippen LogP contribution in [0.25, 0.3) is 10.1 Å². The average Bonchev–Trinajstić information content (AvgIpc) is 3.09.